The van der Waals surface area contributed by atoms with E-state index in [0.717, 1.165) is 63.7 Å². The minimum Gasteiger partial charge on any atom is -0.325 e. The summed E-state index contributed by atoms with van der Waals surface area (Å²) in [6, 6.07) is 129. The Morgan fingerprint density at radius 2 is 0.241 bits per heavy atom. The summed E-state index contributed by atoms with van der Waals surface area (Å²) in [6.07, 6.45) is 0. The molecule has 83 heavy (non-hydrogen) atoms. The Morgan fingerprint density at radius 1 is 0.169 bits per heavy atom. The molecule has 2 nitrogen and oxygen atoms in total. The van der Waals surface area contributed by atoms with Crippen molar-refractivity contribution in [1.82, 2.24) is 0 Å². The Labute approximate surface area is 504 Å². The number of hydrogen-bond acceptors (Lipinski definition) is 2. The number of rotatable bonds is 16. The third-order valence-corrected chi connectivity index (χ3v) is 37.8. The van der Waals surface area contributed by atoms with E-state index < -0.39 is 39.2 Å². The summed E-state index contributed by atoms with van der Waals surface area (Å²) in [7, 11) is -11.1. The molecule has 0 aliphatic rings. The quantitative estimate of drug-likeness (QED) is 0.0748. The van der Waals surface area contributed by atoms with Gasteiger partial charge in [-0.1, -0.05) is 218 Å². The van der Waals surface area contributed by atoms with Crippen molar-refractivity contribution in [3.63, 3.8) is 0 Å². The molecule has 12 rings (SSSR count). The molecule has 12 aromatic carbocycles. The first-order valence-corrected chi connectivity index (χ1v) is 35.1. The van der Waals surface area contributed by atoms with E-state index in [9.17, 15) is 10.2 Å². The van der Waals surface area contributed by atoms with Crippen molar-refractivity contribution < 1.29 is 27.3 Å². The topological polar surface area (TPSA) is 40.5 Å². The van der Waals surface area contributed by atoms with Crippen LogP contribution < -0.4 is 63.7 Å². The van der Waals surface area contributed by atoms with Gasteiger partial charge in [0.2, 0.25) is 0 Å². The molecular formula is C76H68CuO2P4+4. The van der Waals surface area contributed by atoms with Gasteiger partial charge in [0.15, 0.2) is 29.0 Å². The van der Waals surface area contributed by atoms with Crippen molar-refractivity contribution in [1.29, 1.82) is 0 Å². The van der Waals surface area contributed by atoms with Crippen LogP contribution in [0, 0.1) is 0 Å². The van der Waals surface area contributed by atoms with E-state index in [1.54, 1.807) is 0 Å². The van der Waals surface area contributed by atoms with Gasteiger partial charge in [-0.3, -0.25) is 0 Å². The largest absolute Gasteiger partial charge is 0.325 e. The summed E-state index contributed by atoms with van der Waals surface area (Å²) in [5.41, 5.74) is 0. The van der Waals surface area contributed by atoms with E-state index in [-0.39, 0.29) is 17.1 Å². The van der Waals surface area contributed by atoms with E-state index in [1.807, 2.05) is 0 Å². The van der Waals surface area contributed by atoms with Gasteiger partial charge < -0.3 is 10.2 Å². The maximum Gasteiger partial charge on any atom is 0.300 e. The van der Waals surface area contributed by atoms with Gasteiger partial charge in [0.05, 0.1) is 0 Å². The molecule has 0 aliphatic heterocycles. The second kappa shape index (κ2) is 26.2. The van der Waals surface area contributed by atoms with Crippen molar-refractivity contribution in [2.75, 3.05) is 0 Å². The molecule has 0 saturated heterocycles. The third-order valence-electron chi connectivity index (χ3n) is 16.3. The SMILES string of the molecule is CC(O)([P+](c1ccccc1)(c1ccccc1)c1ccccc1)[P+](c1ccccc1)(c1ccccc1)c1ccccc1.CC(O)([P+](c1ccccc1)(c1ccccc1)c1ccccc1)[P+](c1ccccc1)(c1ccccc1)c1ccccc1.[Cu]. The van der Waals surface area contributed by atoms with Crippen LogP contribution in [0.2, 0.25) is 0 Å². The van der Waals surface area contributed by atoms with Crippen LogP contribution in [0.4, 0.5) is 0 Å². The van der Waals surface area contributed by atoms with Gasteiger partial charge in [-0.2, -0.15) is 0 Å². The van der Waals surface area contributed by atoms with Gasteiger partial charge >= 0.3 is 0 Å². The van der Waals surface area contributed by atoms with Gasteiger partial charge in [-0.05, 0) is 146 Å². The zero-order valence-corrected chi connectivity index (χ0v) is 51.1. The molecule has 0 amide bonds. The monoisotopic (exact) mass is 1200 g/mol. The third kappa shape index (κ3) is 10.2. The molecule has 0 saturated carbocycles. The zero-order chi connectivity index (χ0) is 56.4. The molecule has 2 N–H and O–H groups in total. The molecule has 0 bridgehead atoms. The molecular weight excluding hydrogens is 1130 g/mol. The summed E-state index contributed by atoms with van der Waals surface area (Å²) >= 11 is 0. The summed E-state index contributed by atoms with van der Waals surface area (Å²) < 4.78 is 0. The molecule has 0 aromatic heterocycles. The molecule has 0 atom stereocenters. The van der Waals surface area contributed by atoms with Gasteiger partial charge in [-0.15, -0.1) is 0 Å². The Hall–Kier alpha value is -7.20. The van der Waals surface area contributed by atoms with Crippen molar-refractivity contribution in [2.24, 2.45) is 0 Å². The molecule has 411 valence electrons. The van der Waals surface area contributed by atoms with E-state index >= 15 is 0 Å². The minimum atomic E-state index is -2.77. The Bertz CT molecular complexity index is 2970. The summed E-state index contributed by atoms with van der Waals surface area (Å²) in [5, 5.41) is 39.8. The first-order valence-electron chi connectivity index (χ1n) is 28.0. The number of hydrogen-bond donors (Lipinski definition) is 2. The van der Waals surface area contributed by atoms with Crippen LogP contribution in [-0.2, 0) is 17.1 Å². The second-order valence-electron chi connectivity index (χ2n) is 20.7. The van der Waals surface area contributed by atoms with Crippen molar-refractivity contribution in [3.05, 3.63) is 364 Å². The standard InChI is InChI=1S/2C38H34OP2.Cu/c2*1-38(39,40(32-20-8-2-9-21-32,33-22-10-3-11-23-33)34-24-12-4-13-25-34)41(35-26-14-5-15-27-35,36-28-16-6-17-29-36)37-30-18-7-19-31-37;/h2*2-31,39H,1H3;/q2*+2;. The minimum absolute atomic E-state index is 0. The van der Waals surface area contributed by atoms with E-state index in [1.165, 1.54) is 0 Å². The van der Waals surface area contributed by atoms with Crippen LogP contribution in [-0.4, -0.2) is 20.4 Å². The fourth-order valence-corrected chi connectivity index (χ4v) is 37.6. The molecule has 0 aliphatic carbocycles. The summed E-state index contributed by atoms with van der Waals surface area (Å²) in [5.74, 6) is 0. The maximum absolute atomic E-state index is 14.2. The first-order chi connectivity index (χ1) is 40.3. The van der Waals surface area contributed by atoms with Crippen LogP contribution in [0.1, 0.15) is 13.8 Å². The molecule has 0 heterocycles. The predicted molar refractivity (Wildman–Crippen MR) is 362 cm³/mol. The van der Waals surface area contributed by atoms with Crippen LogP contribution >= 0.6 is 29.0 Å². The first kappa shape index (κ1) is 59.0. The van der Waals surface area contributed by atoms with Crippen molar-refractivity contribution in [3.8, 4) is 0 Å². The van der Waals surface area contributed by atoms with Gasteiger partial charge in [0.1, 0.15) is 63.7 Å². The van der Waals surface area contributed by atoms with Crippen LogP contribution in [0.3, 0.4) is 0 Å². The van der Waals surface area contributed by atoms with Gasteiger partial charge in [-0.25, -0.2) is 0 Å². The van der Waals surface area contributed by atoms with Crippen molar-refractivity contribution in [2.45, 2.75) is 24.0 Å². The Kier molecular flexibility index (Phi) is 18.6. The average molecular weight is 1200 g/mol. The van der Waals surface area contributed by atoms with Crippen molar-refractivity contribution >= 4 is 92.7 Å². The van der Waals surface area contributed by atoms with Crippen LogP contribution in [0.25, 0.3) is 0 Å². The maximum atomic E-state index is 14.2. The van der Waals surface area contributed by atoms with E-state index in [4.69, 9.17) is 0 Å². The fourth-order valence-electron chi connectivity index (χ4n) is 13.0. The van der Waals surface area contributed by atoms with Gasteiger partial charge in [0.25, 0.3) is 10.2 Å². The number of aliphatic hydroxyl groups is 2. The summed E-state index contributed by atoms with van der Waals surface area (Å²) in [4.78, 5) is 0. The predicted octanol–water partition coefficient (Wildman–Crippen LogP) is 13.3. The van der Waals surface area contributed by atoms with E-state index in [2.05, 4.69) is 378 Å². The molecule has 1 radical (unpaired) electrons. The van der Waals surface area contributed by atoms with Crippen LogP contribution in [0.15, 0.2) is 364 Å². The molecule has 7 heteroatoms. The summed E-state index contributed by atoms with van der Waals surface area (Å²) in [6.45, 7) is 4.27. The molecule has 0 fully saturated rings. The molecule has 12 aromatic rings. The normalized spacial score (nSPS) is 12.0. The Balaban J connectivity index is 0.000000183. The molecule has 0 spiro atoms. The average Bonchev–Trinajstić information content (AvgIpc) is 0.973. The number of benzene rings is 12. The van der Waals surface area contributed by atoms with Crippen LogP contribution in [0.5, 0.6) is 0 Å². The second-order valence-corrected chi connectivity index (χ2v) is 36.4. The fraction of sp³-hybridized carbons (Fsp3) is 0.0526. The molecule has 0 unspecified atom stereocenters. The van der Waals surface area contributed by atoms with E-state index in [0.29, 0.717) is 0 Å². The Morgan fingerprint density at radius 3 is 0.313 bits per heavy atom. The smallest absolute Gasteiger partial charge is 0.300 e. The zero-order valence-electron chi connectivity index (χ0n) is 46.6. The van der Waals surface area contributed by atoms with Gasteiger partial charge in [0, 0.05) is 30.9 Å².